The average molecular weight is 518 g/mol. The molecule has 0 aliphatic carbocycles. The Balaban J connectivity index is 2.06. The molecule has 0 aliphatic heterocycles. The van der Waals surface area contributed by atoms with E-state index in [0.717, 1.165) is 0 Å². The molecule has 0 fully saturated rings. The van der Waals surface area contributed by atoms with Crippen molar-refractivity contribution in [2.45, 2.75) is 0 Å². The SMILES string of the molecule is Ic1c(-c2sc3ccccc3c2I)sc2ccccc12. The first-order valence-electron chi connectivity index (χ1n) is 6.10. The largest absolute Gasteiger partial charge is 0.133 e. The lowest BCUT2D eigenvalue weighted by atomic mass is 10.2. The Morgan fingerprint density at radius 1 is 0.600 bits per heavy atom. The van der Waals surface area contributed by atoms with Gasteiger partial charge in [-0.05, 0) is 57.3 Å². The number of hydrogen-bond donors (Lipinski definition) is 0. The number of rotatable bonds is 1. The summed E-state index contributed by atoms with van der Waals surface area (Å²) in [5, 5.41) is 2.75. The van der Waals surface area contributed by atoms with Crippen LogP contribution in [0.3, 0.4) is 0 Å². The van der Waals surface area contributed by atoms with Gasteiger partial charge in [-0.3, -0.25) is 0 Å². The summed E-state index contributed by atoms with van der Waals surface area (Å²) >= 11 is 8.79. The first kappa shape index (κ1) is 13.5. The van der Waals surface area contributed by atoms with Gasteiger partial charge in [-0.1, -0.05) is 36.4 Å². The monoisotopic (exact) mass is 518 g/mol. The minimum atomic E-state index is 1.38. The third-order valence-electron chi connectivity index (χ3n) is 3.28. The quantitative estimate of drug-likeness (QED) is 0.239. The van der Waals surface area contributed by atoms with Crippen molar-refractivity contribution in [1.82, 2.24) is 0 Å². The Morgan fingerprint density at radius 2 is 1.00 bits per heavy atom. The van der Waals surface area contributed by atoms with Gasteiger partial charge in [-0.2, -0.15) is 0 Å². The summed E-state index contributed by atoms with van der Waals surface area (Å²) in [5.74, 6) is 0. The summed E-state index contributed by atoms with van der Waals surface area (Å²) in [5.41, 5.74) is 0. The number of benzene rings is 2. The van der Waals surface area contributed by atoms with E-state index in [1.807, 2.05) is 22.7 Å². The molecule has 2 aromatic carbocycles. The molecular formula is C16H8I2S2. The Labute approximate surface area is 152 Å². The third kappa shape index (κ3) is 2.03. The summed E-state index contributed by atoms with van der Waals surface area (Å²) < 4.78 is 5.51. The lowest BCUT2D eigenvalue weighted by molar-refractivity contribution is 1.80. The molecule has 20 heavy (non-hydrogen) atoms. The maximum absolute atomic E-state index is 2.49. The highest BCUT2D eigenvalue weighted by molar-refractivity contribution is 14.1. The van der Waals surface area contributed by atoms with E-state index in [0.29, 0.717) is 0 Å². The zero-order valence-electron chi connectivity index (χ0n) is 10.2. The van der Waals surface area contributed by atoms with E-state index in [1.54, 1.807) is 0 Å². The molecule has 0 spiro atoms. The molecular weight excluding hydrogens is 510 g/mol. The molecule has 0 radical (unpaired) electrons. The van der Waals surface area contributed by atoms with Crippen molar-refractivity contribution in [3.8, 4) is 9.75 Å². The van der Waals surface area contributed by atoms with Crippen LogP contribution >= 0.6 is 67.9 Å². The summed E-state index contributed by atoms with van der Waals surface area (Å²) in [4.78, 5) is 2.83. The van der Waals surface area contributed by atoms with Gasteiger partial charge in [0.25, 0.3) is 0 Å². The Kier molecular flexibility index (Phi) is 3.52. The fourth-order valence-electron chi connectivity index (χ4n) is 2.32. The third-order valence-corrected chi connectivity index (χ3v) is 8.75. The number of halogens is 2. The molecule has 2 aromatic heterocycles. The van der Waals surface area contributed by atoms with Gasteiger partial charge >= 0.3 is 0 Å². The molecule has 0 aliphatic rings. The molecule has 4 rings (SSSR count). The van der Waals surface area contributed by atoms with Gasteiger partial charge in [-0.25, -0.2) is 0 Å². The average Bonchev–Trinajstić information content (AvgIpc) is 2.98. The van der Waals surface area contributed by atoms with Crippen molar-refractivity contribution >= 4 is 88.0 Å². The number of hydrogen-bond acceptors (Lipinski definition) is 2. The van der Waals surface area contributed by atoms with E-state index in [1.165, 1.54) is 37.1 Å². The van der Waals surface area contributed by atoms with Crippen LogP contribution in [-0.4, -0.2) is 0 Å². The van der Waals surface area contributed by atoms with Crippen LogP contribution in [0.15, 0.2) is 48.5 Å². The first-order valence-corrected chi connectivity index (χ1v) is 9.89. The van der Waals surface area contributed by atoms with E-state index in [2.05, 4.69) is 93.7 Å². The molecule has 4 aromatic rings. The molecule has 0 saturated heterocycles. The van der Waals surface area contributed by atoms with Crippen LogP contribution in [0.5, 0.6) is 0 Å². The Bertz CT molecular complexity index is 856. The predicted octanol–water partition coefficient (Wildman–Crippen LogP) is 6.99. The van der Waals surface area contributed by atoms with Crippen LogP contribution in [0.4, 0.5) is 0 Å². The molecule has 0 atom stereocenters. The van der Waals surface area contributed by atoms with Crippen molar-refractivity contribution in [3.05, 3.63) is 55.7 Å². The summed E-state index contributed by atoms with van der Waals surface area (Å²) in [6, 6.07) is 17.4. The van der Waals surface area contributed by atoms with Gasteiger partial charge in [0, 0.05) is 27.3 Å². The molecule has 98 valence electrons. The van der Waals surface area contributed by atoms with E-state index < -0.39 is 0 Å². The lowest BCUT2D eigenvalue weighted by Crippen LogP contribution is -1.74. The molecule has 0 unspecified atom stereocenters. The Hall–Kier alpha value is -0.180. The molecule has 0 nitrogen and oxygen atoms in total. The summed E-state index contributed by atoms with van der Waals surface area (Å²) in [6.07, 6.45) is 0. The molecule has 4 heteroatoms. The second-order valence-corrected chi connectivity index (χ2v) is 8.74. The highest BCUT2D eigenvalue weighted by atomic mass is 127. The summed E-state index contributed by atoms with van der Waals surface area (Å²) in [7, 11) is 0. The van der Waals surface area contributed by atoms with Gasteiger partial charge in [0.15, 0.2) is 0 Å². The molecule has 0 amide bonds. The zero-order chi connectivity index (χ0) is 13.7. The van der Waals surface area contributed by atoms with Gasteiger partial charge in [0.1, 0.15) is 0 Å². The smallest absolute Gasteiger partial charge is 0.0599 e. The fraction of sp³-hybridized carbons (Fsp3) is 0. The number of thiophene rings is 2. The fourth-order valence-corrected chi connectivity index (χ4v) is 7.52. The maximum atomic E-state index is 2.49. The maximum Gasteiger partial charge on any atom is 0.0599 e. The van der Waals surface area contributed by atoms with Crippen LogP contribution in [0.2, 0.25) is 0 Å². The van der Waals surface area contributed by atoms with Crippen molar-refractivity contribution in [3.63, 3.8) is 0 Å². The van der Waals surface area contributed by atoms with Crippen molar-refractivity contribution in [2.24, 2.45) is 0 Å². The first-order chi connectivity index (χ1) is 9.75. The predicted molar refractivity (Wildman–Crippen MR) is 108 cm³/mol. The van der Waals surface area contributed by atoms with E-state index in [9.17, 15) is 0 Å². The van der Waals surface area contributed by atoms with E-state index in [-0.39, 0.29) is 0 Å². The zero-order valence-corrected chi connectivity index (χ0v) is 16.1. The minimum absolute atomic E-state index is 1.38. The Morgan fingerprint density at radius 3 is 1.40 bits per heavy atom. The highest BCUT2D eigenvalue weighted by Crippen LogP contribution is 2.46. The van der Waals surface area contributed by atoms with Gasteiger partial charge in [0.05, 0.1) is 9.75 Å². The minimum Gasteiger partial charge on any atom is -0.133 e. The second-order valence-electron chi connectivity index (χ2n) is 4.48. The highest BCUT2D eigenvalue weighted by Gasteiger charge is 2.17. The van der Waals surface area contributed by atoms with Crippen molar-refractivity contribution in [2.75, 3.05) is 0 Å². The van der Waals surface area contributed by atoms with Crippen LogP contribution in [0.1, 0.15) is 0 Å². The van der Waals surface area contributed by atoms with Crippen molar-refractivity contribution in [1.29, 1.82) is 0 Å². The molecule has 0 saturated carbocycles. The summed E-state index contributed by atoms with van der Waals surface area (Å²) in [6.45, 7) is 0. The molecule has 0 N–H and O–H groups in total. The molecule has 0 bridgehead atoms. The van der Waals surface area contributed by atoms with Crippen LogP contribution < -0.4 is 0 Å². The van der Waals surface area contributed by atoms with Crippen LogP contribution in [-0.2, 0) is 0 Å². The lowest BCUT2D eigenvalue weighted by Gasteiger charge is -1.95. The van der Waals surface area contributed by atoms with E-state index in [4.69, 9.17) is 0 Å². The second kappa shape index (κ2) is 5.23. The van der Waals surface area contributed by atoms with Gasteiger partial charge in [0.2, 0.25) is 0 Å². The molecule has 2 heterocycles. The van der Waals surface area contributed by atoms with Gasteiger partial charge < -0.3 is 0 Å². The van der Waals surface area contributed by atoms with Gasteiger partial charge in [-0.15, -0.1) is 22.7 Å². The van der Waals surface area contributed by atoms with Crippen molar-refractivity contribution < 1.29 is 0 Å². The van der Waals surface area contributed by atoms with Crippen LogP contribution in [0.25, 0.3) is 29.9 Å². The standard InChI is InChI=1S/C16H8I2S2/c17-13-9-5-1-3-7-11(9)19-15(13)16-14(18)10-6-2-4-8-12(10)20-16/h1-8H. The van der Waals surface area contributed by atoms with E-state index >= 15 is 0 Å². The van der Waals surface area contributed by atoms with Crippen LogP contribution in [0, 0.1) is 7.14 Å². The normalized spacial score (nSPS) is 11.5. The number of fused-ring (bicyclic) bond motifs is 2. The topological polar surface area (TPSA) is 0 Å².